The monoisotopic (exact) mass is 192 g/mol. The third-order valence-corrected chi connectivity index (χ3v) is 2.64. The minimum absolute atomic E-state index is 0.625. The summed E-state index contributed by atoms with van der Waals surface area (Å²) in [5.41, 5.74) is 0. The lowest BCUT2D eigenvalue weighted by molar-refractivity contribution is 0.0328. The summed E-state index contributed by atoms with van der Waals surface area (Å²) in [7, 11) is 0. The summed E-state index contributed by atoms with van der Waals surface area (Å²) in [6.45, 7) is 1.54. The molecule has 1 aromatic rings. The van der Waals surface area contributed by atoms with Gasteiger partial charge in [-0.2, -0.15) is 0 Å². The van der Waals surface area contributed by atoms with E-state index < -0.39 is 12.2 Å². The average Bonchev–Trinajstić information content (AvgIpc) is 2.34. The van der Waals surface area contributed by atoms with Gasteiger partial charge in [0.15, 0.2) is 0 Å². The second kappa shape index (κ2) is 3.54. The number of hydrogen-bond donors (Lipinski definition) is 2. The van der Waals surface area contributed by atoms with Gasteiger partial charge in [-0.1, -0.05) is 11.6 Å². The lowest BCUT2D eigenvalue weighted by Crippen LogP contribution is -2.11. The lowest BCUT2D eigenvalue weighted by Gasteiger charge is -2.10. The first-order chi connectivity index (χ1) is 5.11. The lowest BCUT2D eigenvalue weighted by atomic mass is 10.2. The molecule has 0 fully saturated rings. The van der Waals surface area contributed by atoms with Crippen molar-refractivity contribution in [1.29, 1.82) is 0 Å². The predicted molar refractivity (Wildman–Crippen MR) is 46.0 cm³/mol. The molecule has 0 amide bonds. The van der Waals surface area contributed by atoms with Gasteiger partial charge in [0.25, 0.3) is 0 Å². The molecule has 0 radical (unpaired) electrons. The van der Waals surface area contributed by atoms with Gasteiger partial charge < -0.3 is 10.2 Å². The Morgan fingerprint density at radius 3 is 2.45 bits per heavy atom. The van der Waals surface area contributed by atoms with Gasteiger partial charge in [0.1, 0.15) is 6.10 Å². The van der Waals surface area contributed by atoms with E-state index in [1.54, 1.807) is 12.1 Å². The van der Waals surface area contributed by atoms with Crippen LogP contribution in [0.15, 0.2) is 12.1 Å². The van der Waals surface area contributed by atoms with E-state index in [4.69, 9.17) is 16.7 Å². The van der Waals surface area contributed by atoms with Gasteiger partial charge in [-0.05, 0) is 19.1 Å². The average molecular weight is 193 g/mol. The van der Waals surface area contributed by atoms with E-state index in [2.05, 4.69) is 0 Å². The second-order valence-corrected chi connectivity index (χ2v) is 4.07. The molecule has 0 spiro atoms. The van der Waals surface area contributed by atoms with Gasteiger partial charge in [0.2, 0.25) is 0 Å². The Morgan fingerprint density at radius 1 is 1.45 bits per heavy atom. The molecule has 0 aliphatic carbocycles. The highest BCUT2D eigenvalue weighted by Gasteiger charge is 2.14. The van der Waals surface area contributed by atoms with Crippen molar-refractivity contribution in [2.24, 2.45) is 0 Å². The Labute approximate surface area is 74.1 Å². The maximum Gasteiger partial charge on any atom is 0.114 e. The second-order valence-electron chi connectivity index (χ2n) is 2.33. The summed E-state index contributed by atoms with van der Waals surface area (Å²) in [5.74, 6) is 0. The van der Waals surface area contributed by atoms with Gasteiger partial charge in [-0.15, -0.1) is 11.3 Å². The van der Waals surface area contributed by atoms with Crippen LogP contribution in [0.2, 0.25) is 4.34 Å². The number of halogens is 1. The third kappa shape index (κ3) is 2.17. The van der Waals surface area contributed by atoms with E-state index in [-0.39, 0.29) is 0 Å². The molecule has 0 saturated carbocycles. The van der Waals surface area contributed by atoms with Crippen LogP contribution in [0.4, 0.5) is 0 Å². The van der Waals surface area contributed by atoms with Crippen LogP contribution in [0.1, 0.15) is 17.9 Å². The molecule has 11 heavy (non-hydrogen) atoms. The van der Waals surface area contributed by atoms with Crippen LogP contribution in [0, 0.1) is 0 Å². The highest BCUT2D eigenvalue weighted by molar-refractivity contribution is 7.16. The van der Waals surface area contributed by atoms with Crippen LogP contribution in [0.25, 0.3) is 0 Å². The third-order valence-electron chi connectivity index (χ3n) is 1.34. The molecular formula is C7H9ClO2S. The maximum atomic E-state index is 9.31. The molecule has 1 rings (SSSR count). The summed E-state index contributed by atoms with van der Waals surface area (Å²) < 4.78 is 0.625. The molecule has 0 bridgehead atoms. The SMILES string of the molecule is CC(O)C(O)c1ccc(Cl)s1. The summed E-state index contributed by atoms with van der Waals surface area (Å²) >= 11 is 6.91. The molecule has 0 aromatic carbocycles. The van der Waals surface area contributed by atoms with Crippen molar-refractivity contribution in [1.82, 2.24) is 0 Å². The summed E-state index contributed by atoms with van der Waals surface area (Å²) in [5, 5.41) is 18.3. The van der Waals surface area contributed by atoms with Crippen molar-refractivity contribution < 1.29 is 10.2 Å². The van der Waals surface area contributed by atoms with Gasteiger partial charge in [-0.25, -0.2) is 0 Å². The van der Waals surface area contributed by atoms with Crippen molar-refractivity contribution in [3.8, 4) is 0 Å². The van der Waals surface area contributed by atoms with Crippen LogP contribution >= 0.6 is 22.9 Å². The number of aliphatic hydroxyl groups is 2. The molecule has 0 aliphatic rings. The smallest absolute Gasteiger partial charge is 0.114 e. The molecule has 2 N–H and O–H groups in total. The molecule has 62 valence electrons. The molecule has 2 unspecified atom stereocenters. The molecule has 0 saturated heterocycles. The van der Waals surface area contributed by atoms with E-state index in [0.29, 0.717) is 9.21 Å². The van der Waals surface area contributed by atoms with E-state index in [9.17, 15) is 5.11 Å². The van der Waals surface area contributed by atoms with E-state index >= 15 is 0 Å². The normalized spacial score (nSPS) is 16.4. The van der Waals surface area contributed by atoms with Gasteiger partial charge in [0.05, 0.1) is 10.4 Å². The van der Waals surface area contributed by atoms with Crippen LogP contribution in [-0.2, 0) is 0 Å². The molecule has 1 heterocycles. The highest BCUT2D eigenvalue weighted by atomic mass is 35.5. The Kier molecular flexibility index (Phi) is 2.90. The predicted octanol–water partition coefficient (Wildman–Crippen LogP) is 1.82. The molecule has 0 aliphatic heterocycles. The molecule has 2 atom stereocenters. The fourth-order valence-corrected chi connectivity index (χ4v) is 1.87. The van der Waals surface area contributed by atoms with E-state index in [1.165, 1.54) is 18.3 Å². The fraction of sp³-hybridized carbons (Fsp3) is 0.429. The zero-order chi connectivity index (χ0) is 8.43. The Bertz CT molecular complexity index is 234. The molecule has 4 heteroatoms. The number of thiophene rings is 1. The van der Waals surface area contributed by atoms with Crippen LogP contribution in [0.3, 0.4) is 0 Å². The van der Waals surface area contributed by atoms with Gasteiger partial charge >= 0.3 is 0 Å². The molecular weight excluding hydrogens is 184 g/mol. The minimum Gasteiger partial charge on any atom is -0.390 e. The summed E-state index contributed by atoms with van der Waals surface area (Å²) in [4.78, 5) is 0.699. The van der Waals surface area contributed by atoms with E-state index in [0.717, 1.165) is 0 Å². The van der Waals surface area contributed by atoms with E-state index in [1.807, 2.05) is 0 Å². The Balaban J connectivity index is 2.76. The van der Waals surface area contributed by atoms with Gasteiger partial charge in [0, 0.05) is 4.88 Å². The Hall–Kier alpha value is -0.0900. The Morgan fingerprint density at radius 2 is 2.09 bits per heavy atom. The first kappa shape index (κ1) is 9.00. The van der Waals surface area contributed by atoms with Crippen LogP contribution in [-0.4, -0.2) is 16.3 Å². The number of aliphatic hydroxyl groups excluding tert-OH is 2. The zero-order valence-corrected chi connectivity index (χ0v) is 7.56. The van der Waals surface area contributed by atoms with Crippen molar-refractivity contribution >= 4 is 22.9 Å². The quantitative estimate of drug-likeness (QED) is 0.751. The highest BCUT2D eigenvalue weighted by Crippen LogP contribution is 2.28. The topological polar surface area (TPSA) is 40.5 Å². The molecule has 1 aromatic heterocycles. The standard InChI is InChI=1S/C7H9ClO2S/c1-4(9)7(10)5-2-3-6(8)11-5/h2-4,7,9-10H,1H3. The van der Waals surface area contributed by atoms with Crippen LogP contribution < -0.4 is 0 Å². The number of hydrogen-bond acceptors (Lipinski definition) is 3. The first-order valence-electron chi connectivity index (χ1n) is 3.22. The zero-order valence-electron chi connectivity index (χ0n) is 5.99. The fourth-order valence-electron chi connectivity index (χ4n) is 0.725. The van der Waals surface area contributed by atoms with Crippen molar-refractivity contribution in [3.05, 3.63) is 21.3 Å². The van der Waals surface area contributed by atoms with Crippen molar-refractivity contribution in [3.63, 3.8) is 0 Å². The summed E-state index contributed by atoms with van der Waals surface area (Å²) in [6, 6.07) is 3.41. The largest absolute Gasteiger partial charge is 0.390 e. The van der Waals surface area contributed by atoms with Crippen molar-refractivity contribution in [2.75, 3.05) is 0 Å². The molecule has 2 nitrogen and oxygen atoms in total. The van der Waals surface area contributed by atoms with Crippen molar-refractivity contribution in [2.45, 2.75) is 19.1 Å². The van der Waals surface area contributed by atoms with Crippen LogP contribution in [0.5, 0.6) is 0 Å². The minimum atomic E-state index is -0.813. The maximum absolute atomic E-state index is 9.31. The summed E-state index contributed by atoms with van der Waals surface area (Å²) in [6.07, 6.45) is -1.56. The first-order valence-corrected chi connectivity index (χ1v) is 4.42. The van der Waals surface area contributed by atoms with Gasteiger partial charge in [-0.3, -0.25) is 0 Å². The number of rotatable bonds is 2.